The van der Waals surface area contributed by atoms with Gasteiger partial charge in [0.2, 0.25) is 11.7 Å². The van der Waals surface area contributed by atoms with E-state index in [0.717, 1.165) is 5.56 Å². The van der Waals surface area contributed by atoms with Crippen molar-refractivity contribution >= 4 is 21.6 Å². The Hall–Kier alpha value is -4.05. The van der Waals surface area contributed by atoms with E-state index in [1.807, 2.05) is 6.92 Å². The Morgan fingerprint density at radius 1 is 1.03 bits per heavy atom. The average molecular weight is 481 g/mol. The molecule has 0 saturated heterocycles. The fourth-order valence-corrected chi connectivity index (χ4v) is 4.21. The predicted octanol–water partition coefficient (Wildman–Crippen LogP) is 4.48. The van der Waals surface area contributed by atoms with E-state index in [4.69, 9.17) is 4.52 Å². The van der Waals surface area contributed by atoms with Crippen molar-refractivity contribution in [3.8, 4) is 11.4 Å². The number of anilines is 1. The maximum atomic E-state index is 13.1. The second-order valence-corrected chi connectivity index (χ2v) is 9.34. The van der Waals surface area contributed by atoms with Gasteiger partial charge in [0, 0.05) is 16.8 Å². The number of aromatic nitrogens is 2. The lowest BCUT2D eigenvalue weighted by Gasteiger charge is -2.12. The van der Waals surface area contributed by atoms with Crippen LogP contribution in [0.25, 0.3) is 11.4 Å². The number of halogens is 1. The van der Waals surface area contributed by atoms with Crippen molar-refractivity contribution in [3.63, 3.8) is 0 Å². The summed E-state index contributed by atoms with van der Waals surface area (Å²) in [4.78, 5) is 17.0. The van der Waals surface area contributed by atoms with Crippen molar-refractivity contribution < 1.29 is 22.1 Å². The van der Waals surface area contributed by atoms with Gasteiger partial charge in [0.25, 0.3) is 15.9 Å². The van der Waals surface area contributed by atoms with Gasteiger partial charge < -0.3 is 9.84 Å². The molecule has 1 unspecified atom stereocenters. The zero-order valence-corrected chi connectivity index (χ0v) is 19.1. The Morgan fingerprint density at radius 2 is 1.74 bits per heavy atom. The molecule has 1 heterocycles. The van der Waals surface area contributed by atoms with Crippen molar-refractivity contribution in [2.75, 3.05) is 4.72 Å². The van der Waals surface area contributed by atoms with Crippen LogP contribution in [0.5, 0.6) is 0 Å². The van der Waals surface area contributed by atoms with Crippen molar-refractivity contribution in [3.05, 3.63) is 95.6 Å². The van der Waals surface area contributed by atoms with Gasteiger partial charge >= 0.3 is 0 Å². The average Bonchev–Trinajstić information content (AvgIpc) is 3.31. The molecule has 0 aliphatic heterocycles. The monoisotopic (exact) mass is 480 g/mol. The third kappa shape index (κ3) is 5.29. The number of aryl methyl sites for hydroxylation is 1. The van der Waals surface area contributed by atoms with E-state index in [9.17, 15) is 17.6 Å². The molecule has 0 aliphatic carbocycles. The van der Waals surface area contributed by atoms with E-state index < -0.39 is 22.0 Å². The van der Waals surface area contributed by atoms with Crippen LogP contribution in [0.1, 0.15) is 34.8 Å². The SMILES string of the molecule is Cc1ccc(NS(=O)(=O)c2cccc(C(=O)NC(C)c3nc(-c4ccc(F)cc4)no3)c2)cc1. The number of carbonyl (C=O) groups is 1. The Bertz CT molecular complexity index is 1420. The molecule has 0 fully saturated rings. The molecule has 4 aromatic rings. The highest BCUT2D eigenvalue weighted by molar-refractivity contribution is 7.92. The van der Waals surface area contributed by atoms with E-state index in [2.05, 4.69) is 20.2 Å². The summed E-state index contributed by atoms with van der Waals surface area (Å²) in [7, 11) is -3.89. The van der Waals surface area contributed by atoms with Crippen LogP contribution >= 0.6 is 0 Å². The number of sulfonamides is 1. The number of carbonyl (C=O) groups excluding carboxylic acids is 1. The topological polar surface area (TPSA) is 114 Å². The molecular weight excluding hydrogens is 459 g/mol. The summed E-state index contributed by atoms with van der Waals surface area (Å²) in [6, 6.07) is 17.5. The lowest BCUT2D eigenvalue weighted by atomic mass is 10.2. The molecule has 0 spiro atoms. The minimum Gasteiger partial charge on any atom is -0.341 e. The number of nitrogens with zero attached hydrogens (tertiary/aromatic N) is 2. The Labute approximate surface area is 195 Å². The highest BCUT2D eigenvalue weighted by Gasteiger charge is 2.20. The van der Waals surface area contributed by atoms with Gasteiger partial charge in [-0.25, -0.2) is 12.8 Å². The summed E-state index contributed by atoms with van der Waals surface area (Å²) < 4.78 is 46.4. The number of hydrogen-bond donors (Lipinski definition) is 2. The number of benzene rings is 3. The molecule has 1 atom stereocenters. The molecule has 34 heavy (non-hydrogen) atoms. The first-order valence-corrected chi connectivity index (χ1v) is 11.8. The molecule has 10 heteroatoms. The highest BCUT2D eigenvalue weighted by atomic mass is 32.2. The zero-order chi connectivity index (χ0) is 24.3. The van der Waals surface area contributed by atoms with Crippen LogP contribution in [-0.4, -0.2) is 24.5 Å². The summed E-state index contributed by atoms with van der Waals surface area (Å²) in [5, 5.41) is 6.57. The first-order valence-electron chi connectivity index (χ1n) is 10.3. The predicted molar refractivity (Wildman–Crippen MR) is 124 cm³/mol. The van der Waals surface area contributed by atoms with E-state index >= 15 is 0 Å². The van der Waals surface area contributed by atoms with Crippen molar-refractivity contribution in [2.24, 2.45) is 0 Å². The van der Waals surface area contributed by atoms with Crippen LogP contribution in [0.4, 0.5) is 10.1 Å². The van der Waals surface area contributed by atoms with Gasteiger partial charge in [0.15, 0.2) is 0 Å². The van der Waals surface area contributed by atoms with Crippen LogP contribution in [0.15, 0.2) is 82.2 Å². The molecule has 8 nitrogen and oxygen atoms in total. The number of nitrogens with one attached hydrogen (secondary N) is 2. The molecule has 3 aromatic carbocycles. The second kappa shape index (κ2) is 9.44. The van der Waals surface area contributed by atoms with Crippen molar-refractivity contribution in [1.82, 2.24) is 15.5 Å². The van der Waals surface area contributed by atoms with Crippen LogP contribution in [-0.2, 0) is 10.0 Å². The Balaban J connectivity index is 1.47. The van der Waals surface area contributed by atoms with Crippen molar-refractivity contribution in [2.45, 2.75) is 24.8 Å². The molecular formula is C24H21FN4O4S. The fourth-order valence-electron chi connectivity index (χ4n) is 3.11. The van der Waals surface area contributed by atoms with Gasteiger partial charge in [-0.15, -0.1) is 0 Å². The van der Waals surface area contributed by atoms with Crippen LogP contribution in [0.3, 0.4) is 0 Å². The Morgan fingerprint density at radius 3 is 2.44 bits per heavy atom. The van der Waals surface area contributed by atoms with E-state index in [1.165, 1.54) is 48.5 Å². The summed E-state index contributed by atoms with van der Waals surface area (Å²) in [5.41, 5.74) is 2.13. The normalized spacial score (nSPS) is 12.2. The molecule has 174 valence electrons. The third-order valence-corrected chi connectivity index (χ3v) is 6.35. The molecule has 0 saturated carbocycles. The van der Waals surface area contributed by atoms with Gasteiger partial charge in [0.1, 0.15) is 11.9 Å². The molecule has 0 bridgehead atoms. The Kier molecular flexibility index (Phi) is 6.42. The molecule has 1 amide bonds. The van der Waals surface area contributed by atoms with Crippen LogP contribution in [0, 0.1) is 12.7 Å². The fraction of sp³-hybridized carbons (Fsp3) is 0.125. The quantitative estimate of drug-likeness (QED) is 0.403. The van der Waals surface area contributed by atoms with E-state index in [1.54, 1.807) is 31.2 Å². The lowest BCUT2D eigenvalue weighted by molar-refractivity contribution is 0.0932. The van der Waals surface area contributed by atoms with Crippen LogP contribution < -0.4 is 10.0 Å². The zero-order valence-electron chi connectivity index (χ0n) is 18.3. The molecule has 0 radical (unpaired) electrons. The number of hydrogen-bond acceptors (Lipinski definition) is 6. The lowest BCUT2D eigenvalue weighted by Crippen LogP contribution is -2.27. The second-order valence-electron chi connectivity index (χ2n) is 7.66. The third-order valence-electron chi connectivity index (χ3n) is 4.97. The van der Waals surface area contributed by atoms with Gasteiger partial charge in [-0.05, 0) is 68.4 Å². The number of rotatable bonds is 7. The summed E-state index contributed by atoms with van der Waals surface area (Å²) in [5.74, 6) is -0.489. The summed E-state index contributed by atoms with van der Waals surface area (Å²) in [6.07, 6.45) is 0. The van der Waals surface area contributed by atoms with Crippen LogP contribution in [0.2, 0.25) is 0 Å². The van der Waals surface area contributed by atoms with Gasteiger partial charge in [-0.2, -0.15) is 4.98 Å². The van der Waals surface area contributed by atoms with E-state index in [0.29, 0.717) is 11.3 Å². The first kappa shape index (κ1) is 23.1. The molecule has 0 aliphatic rings. The highest BCUT2D eigenvalue weighted by Crippen LogP contribution is 2.21. The maximum Gasteiger partial charge on any atom is 0.261 e. The standard InChI is InChI=1S/C24H21FN4O4S/c1-15-6-12-20(13-7-15)29-34(31,32)21-5-3-4-18(14-21)23(30)26-16(2)24-27-22(28-33-24)17-8-10-19(25)11-9-17/h3-14,16,29H,1-2H3,(H,26,30). The smallest absolute Gasteiger partial charge is 0.261 e. The molecule has 2 N–H and O–H groups in total. The van der Waals surface area contributed by atoms with Gasteiger partial charge in [0.05, 0.1) is 4.90 Å². The molecule has 4 rings (SSSR count). The summed E-state index contributed by atoms with van der Waals surface area (Å²) in [6.45, 7) is 3.55. The molecule has 1 aromatic heterocycles. The van der Waals surface area contributed by atoms with Gasteiger partial charge in [-0.3, -0.25) is 9.52 Å². The first-order chi connectivity index (χ1) is 16.2. The minimum absolute atomic E-state index is 0.0511. The largest absolute Gasteiger partial charge is 0.341 e. The minimum atomic E-state index is -3.89. The summed E-state index contributed by atoms with van der Waals surface area (Å²) >= 11 is 0. The maximum absolute atomic E-state index is 13.1. The van der Waals surface area contributed by atoms with Crippen molar-refractivity contribution in [1.29, 1.82) is 0 Å². The van der Waals surface area contributed by atoms with Gasteiger partial charge in [-0.1, -0.05) is 28.9 Å². The number of amides is 1. The van der Waals surface area contributed by atoms with E-state index in [-0.39, 0.29) is 28.0 Å².